The van der Waals surface area contributed by atoms with Crippen molar-refractivity contribution in [1.82, 2.24) is 20.1 Å². The summed E-state index contributed by atoms with van der Waals surface area (Å²) in [5.41, 5.74) is 1.86. The summed E-state index contributed by atoms with van der Waals surface area (Å²) in [7, 11) is 5.02. The lowest BCUT2D eigenvalue weighted by Crippen LogP contribution is -2.22. The molecule has 0 saturated heterocycles. The van der Waals surface area contributed by atoms with Gasteiger partial charge in [-0.3, -0.25) is 4.79 Å². The standard InChI is InChI=1S/C22H23ClN4O3S/c1-27-20(25-26-22(27)31-14-16-6-4-5-7-17(16)23)13-24-21(28)11-9-15-8-10-18(29-2)19(12-15)30-3/h4-12H,13-14H2,1-3H3,(H,24,28)/b11-9+. The van der Waals surface area contributed by atoms with E-state index in [-0.39, 0.29) is 12.5 Å². The second-order valence-corrected chi connectivity index (χ2v) is 7.85. The molecular formula is C22H23ClN4O3S. The van der Waals surface area contributed by atoms with Crippen LogP contribution in [0, 0.1) is 0 Å². The average molecular weight is 459 g/mol. The van der Waals surface area contributed by atoms with Gasteiger partial charge in [0.2, 0.25) is 5.91 Å². The van der Waals surface area contributed by atoms with Crippen molar-refractivity contribution in [2.75, 3.05) is 14.2 Å². The minimum atomic E-state index is -0.233. The van der Waals surface area contributed by atoms with Crippen LogP contribution in [-0.2, 0) is 24.1 Å². The van der Waals surface area contributed by atoms with Gasteiger partial charge in [-0.15, -0.1) is 10.2 Å². The van der Waals surface area contributed by atoms with Crippen LogP contribution in [0.2, 0.25) is 5.02 Å². The van der Waals surface area contributed by atoms with Crippen LogP contribution < -0.4 is 14.8 Å². The number of carbonyl (C=O) groups excluding carboxylic acids is 1. The van der Waals surface area contributed by atoms with E-state index in [1.54, 1.807) is 32.4 Å². The number of hydrogen-bond donors (Lipinski definition) is 1. The molecule has 0 saturated carbocycles. The van der Waals surface area contributed by atoms with E-state index in [0.717, 1.165) is 21.3 Å². The van der Waals surface area contributed by atoms with Crippen LogP contribution in [0.25, 0.3) is 6.08 Å². The summed E-state index contributed by atoms with van der Waals surface area (Å²) in [5.74, 6) is 2.35. The number of nitrogens with one attached hydrogen (secondary N) is 1. The summed E-state index contributed by atoms with van der Waals surface area (Å²) in [4.78, 5) is 12.2. The zero-order valence-corrected chi connectivity index (χ0v) is 19.0. The molecule has 0 bridgehead atoms. The van der Waals surface area contributed by atoms with Gasteiger partial charge in [-0.05, 0) is 35.4 Å². The number of ether oxygens (including phenoxy) is 2. The number of rotatable bonds is 9. The van der Waals surface area contributed by atoms with Crippen molar-refractivity contribution in [2.24, 2.45) is 7.05 Å². The zero-order valence-electron chi connectivity index (χ0n) is 17.5. The fraction of sp³-hybridized carbons (Fsp3) is 0.227. The van der Waals surface area contributed by atoms with E-state index < -0.39 is 0 Å². The smallest absolute Gasteiger partial charge is 0.244 e. The summed E-state index contributed by atoms with van der Waals surface area (Å²) < 4.78 is 12.3. The Morgan fingerprint density at radius 3 is 2.68 bits per heavy atom. The highest BCUT2D eigenvalue weighted by atomic mass is 35.5. The second-order valence-electron chi connectivity index (χ2n) is 6.50. The maximum atomic E-state index is 12.2. The molecule has 31 heavy (non-hydrogen) atoms. The van der Waals surface area contributed by atoms with Crippen molar-refractivity contribution in [2.45, 2.75) is 17.5 Å². The first-order chi connectivity index (χ1) is 15.0. The van der Waals surface area contributed by atoms with E-state index in [9.17, 15) is 4.79 Å². The summed E-state index contributed by atoms with van der Waals surface area (Å²) >= 11 is 7.74. The molecule has 0 radical (unpaired) electrons. The van der Waals surface area contributed by atoms with Gasteiger partial charge in [0.05, 0.1) is 20.8 Å². The SMILES string of the molecule is COc1ccc(/C=C/C(=O)NCc2nnc(SCc3ccccc3Cl)n2C)cc1OC. The molecule has 0 aliphatic rings. The molecule has 0 unspecified atom stereocenters. The molecule has 1 amide bonds. The Morgan fingerprint density at radius 2 is 1.94 bits per heavy atom. The Bertz CT molecular complexity index is 1080. The number of thioether (sulfide) groups is 1. The normalized spacial score (nSPS) is 11.0. The molecule has 0 aliphatic carbocycles. The lowest BCUT2D eigenvalue weighted by atomic mass is 10.2. The molecule has 1 aromatic heterocycles. The summed E-state index contributed by atoms with van der Waals surface area (Å²) in [6, 6.07) is 13.1. The van der Waals surface area contributed by atoms with Crippen LogP contribution in [0.3, 0.4) is 0 Å². The Balaban J connectivity index is 1.55. The first-order valence-electron chi connectivity index (χ1n) is 9.44. The largest absolute Gasteiger partial charge is 0.493 e. The number of benzene rings is 2. The van der Waals surface area contributed by atoms with Crippen LogP contribution in [0.5, 0.6) is 11.5 Å². The van der Waals surface area contributed by atoms with Crippen molar-refractivity contribution in [1.29, 1.82) is 0 Å². The number of halogens is 1. The highest BCUT2D eigenvalue weighted by Crippen LogP contribution is 2.28. The molecule has 7 nitrogen and oxygen atoms in total. The highest BCUT2D eigenvalue weighted by Gasteiger charge is 2.11. The molecule has 0 atom stereocenters. The quantitative estimate of drug-likeness (QED) is 0.384. The van der Waals surface area contributed by atoms with Crippen LogP contribution in [0.15, 0.2) is 53.7 Å². The molecule has 2 aromatic carbocycles. The van der Waals surface area contributed by atoms with E-state index in [0.29, 0.717) is 23.1 Å². The van der Waals surface area contributed by atoms with Gasteiger partial charge >= 0.3 is 0 Å². The Morgan fingerprint density at radius 1 is 1.16 bits per heavy atom. The number of methoxy groups -OCH3 is 2. The van der Waals surface area contributed by atoms with E-state index >= 15 is 0 Å². The first-order valence-corrected chi connectivity index (χ1v) is 10.8. The van der Waals surface area contributed by atoms with Gasteiger partial charge < -0.3 is 19.4 Å². The maximum absolute atomic E-state index is 12.2. The van der Waals surface area contributed by atoms with Crippen LogP contribution in [-0.4, -0.2) is 34.9 Å². The lowest BCUT2D eigenvalue weighted by Gasteiger charge is -2.07. The van der Waals surface area contributed by atoms with E-state index in [1.807, 2.05) is 41.9 Å². The Hall–Kier alpha value is -2.97. The van der Waals surface area contributed by atoms with E-state index in [1.165, 1.54) is 17.8 Å². The van der Waals surface area contributed by atoms with Gasteiger partial charge in [0, 0.05) is 23.9 Å². The minimum Gasteiger partial charge on any atom is -0.493 e. The van der Waals surface area contributed by atoms with E-state index in [2.05, 4.69) is 15.5 Å². The number of amides is 1. The second kappa shape index (κ2) is 10.9. The van der Waals surface area contributed by atoms with Crippen molar-refractivity contribution >= 4 is 35.3 Å². The third kappa shape index (κ3) is 6.02. The number of nitrogens with zero attached hydrogens (tertiary/aromatic N) is 3. The van der Waals surface area contributed by atoms with Crippen LogP contribution in [0.1, 0.15) is 17.0 Å². The average Bonchev–Trinajstić information content (AvgIpc) is 3.14. The topological polar surface area (TPSA) is 78.3 Å². The number of aromatic nitrogens is 3. The molecule has 162 valence electrons. The van der Waals surface area contributed by atoms with Gasteiger partial charge in [0.15, 0.2) is 22.5 Å². The van der Waals surface area contributed by atoms with Gasteiger partial charge in [-0.1, -0.05) is 47.6 Å². The monoisotopic (exact) mass is 458 g/mol. The van der Waals surface area contributed by atoms with Gasteiger partial charge in [0.1, 0.15) is 0 Å². The molecule has 0 fully saturated rings. The van der Waals surface area contributed by atoms with Crippen LogP contribution >= 0.6 is 23.4 Å². The Kier molecular flexibility index (Phi) is 7.97. The summed E-state index contributed by atoms with van der Waals surface area (Å²) in [5, 5.41) is 12.7. The molecule has 9 heteroatoms. The third-order valence-corrected chi connectivity index (χ3v) is 5.93. The molecule has 0 aliphatic heterocycles. The van der Waals surface area contributed by atoms with Crippen molar-refractivity contribution < 1.29 is 14.3 Å². The zero-order chi connectivity index (χ0) is 22.2. The predicted octanol–water partition coefficient (Wildman–Crippen LogP) is 4.11. The fourth-order valence-corrected chi connectivity index (χ4v) is 3.95. The number of hydrogen-bond acceptors (Lipinski definition) is 6. The predicted molar refractivity (Wildman–Crippen MR) is 122 cm³/mol. The molecule has 1 N–H and O–H groups in total. The molecule has 1 heterocycles. The van der Waals surface area contributed by atoms with Crippen LogP contribution in [0.4, 0.5) is 0 Å². The van der Waals surface area contributed by atoms with Crippen molar-refractivity contribution in [3.05, 3.63) is 70.5 Å². The Labute approximate surface area is 190 Å². The van der Waals surface area contributed by atoms with Crippen molar-refractivity contribution in [3.63, 3.8) is 0 Å². The minimum absolute atomic E-state index is 0.233. The highest BCUT2D eigenvalue weighted by molar-refractivity contribution is 7.98. The summed E-state index contributed by atoms with van der Waals surface area (Å²) in [6.45, 7) is 0.269. The van der Waals surface area contributed by atoms with Crippen molar-refractivity contribution in [3.8, 4) is 11.5 Å². The summed E-state index contributed by atoms with van der Waals surface area (Å²) in [6.07, 6.45) is 3.17. The third-order valence-electron chi connectivity index (χ3n) is 4.50. The fourth-order valence-electron chi connectivity index (χ4n) is 2.74. The van der Waals surface area contributed by atoms with Gasteiger partial charge in [-0.2, -0.15) is 0 Å². The maximum Gasteiger partial charge on any atom is 0.244 e. The molecule has 3 rings (SSSR count). The molecule has 3 aromatic rings. The molecule has 0 spiro atoms. The van der Waals surface area contributed by atoms with Gasteiger partial charge in [0.25, 0.3) is 0 Å². The lowest BCUT2D eigenvalue weighted by molar-refractivity contribution is -0.116. The van der Waals surface area contributed by atoms with Gasteiger partial charge in [-0.25, -0.2) is 0 Å². The van der Waals surface area contributed by atoms with E-state index in [4.69, 9.17) is 21.1 Å². The number of carbonyl (C=O) groups is 1. The first kappa shape index (κ1) is 22.7. The molecular weight excluding hydrogens is 436 g/mol.